The Hall–Kier alpha value is -1.16. The number of ether oxygens (including phenoxy) is 1. The predicted octanol–water partition coefficient (Wildman–Crippen LogP) is 0.756. The Bertz CT molecular complexity index is 393. The zero-order valence-electron chi connectivity index (χ0n) is 8.46. The third-order valence-electron chi connectivity index (χ3n) is 2.65. The fourth-order valence-electron chi connectivity index (χ4n) is 1.71. The molecule has 2 rings (SSSR count). The lowest BCUT2D eigenvalue weighted by atomic mass is 10.1. The third-order valence-corrected chi connectivity index (χ3v) is 2.65. The quantitative estimate of drug-likeness (QED) is 0.772. The second-order valence-electron chi connectivity index (χ2n) is 3.95. The van der Waals surface area contributed by atoms with Gasteiger partial charge < -0.3 is 9.72 Å². The molecule has 0 atom stereocenters. The minimum Gasteiger partial charge on any atom is -0.384 e. The molecule has 1 aliphatic rings. The van der Waals surface area contributed by atoms with E-state index in [2.05, 4.69) is 9.97 Å². The summed E-state index contributed by atoms with van der Waals surface area (Å²) in [6.45, 7) is 2.47. The van der Waals surface area contributed by atoms with Gasteiger partial charge >= 0.3 is 0 Å². The van der Waals surface area contributed by atoms with Crippen LogP contribution in [0, 0.1) is 6.92 Å². The number of aryl methyl sites for hydroxylation is 1. The summed E-state index contributed by atoms with van der Waals surface area (Å²) >= 11 is 0. The molecule has 1 aromatic rings. The summed E-state index contributed by atoms with van der Waals surface area (Å²) in [5.41, 5.74) is 0.681. The van der Waals surface area contributed by atoms with Gasteiger partial charge in [0.25, 0.3) is 5.56 Å². The molecule has 14 heavy (non-hydrogen) atoms. The Morgan fingerprint density at radius 3 is 2.86 bits per heavy atom. The Morgan fingerprint density at radius 1 is 1.64 bits per heavy atom. The van der Waals surface area contributed by atoms with E-state index in [1.807, 2.05) is 6.92 Å². The number of H-pyrrole nitrogens is 1. The Balaban J connectivity index is 2.36. The molecule has 1 fully saturated rings. The van der Waals surface area contributed by atoms with E-state index in [0.29, 0.717) is 6.61 Å². The van der Waals surface area contributed by atoms with E-state index in [1.165, 1.54) is 6.07 Å². The molecule has 0 aromatic carbocycles. The van der Waals surface area contributed by atoms with Crippen LogP contribution in [0.5, 0.6) is 0 Å². The summed E-state index contributed by atoms with van der Waals surface area (Å²) in [6, 6.07) is 1.51. The molecule has 4 nitrogen and oxygen atoms in total. The number of aromatic nitrogens is 2. The molecule has 4 heteroatoms. The second-order valence-corrected chi connectivity index (χ2v) is 3.95. The lowest BCUT2D eigenvalue weighted by Gasteiger charge is -2.12. The van der Waals surface area contributed by atoms with E-state index >= 15 is 0 Å². The maximum Gasteiger partial charge on any atom is 0.251 e. The van der Waals surface area contributed by atoms with Crippen LogP contribution in [-0.4, -0.2) is 23.7 Å². The summed E-state index contributed by atoms with van der Waals surface area (Å²) in [5, 5.41) is 0. The minimum atomic E-state index is -0.0742. The van der Waals surface area contributed by atoms with Gasteiger partial charge in [0.2, 0.25) is 0 Å². The van der Waals surface area contributed by atoms with Crippen LogP contribution in [0.4, 0.5) is 0 Å². The molecule has 1 heterocycles. The highest BCUT2D eigenvalue weighted by atomic mass is 16.5. The minimum absolute atomic E-state index is 0.0140. The molecule has 1 N–H and O–H groups in total. The van der Waals surface area contributed by atoms with E-state index in [1.54, 1.807) is 7.11 Å². The molecule has 0 radical (unpaired) electrons. The number of methoxy groups -OCH3 is 1. The van der Waals surface area contributed by atoms with Crippen LogP contribution < -0.4 is 5.56 Å². The SMILES string of the molecule is COCC1(c2nc(C)cc(=O)[nH]2)CC1. The first-order valence-electron chi connectivity index (χ1n) is 4.74. The van der Waals surface area contributed by atoms with Crippen molar-refractivity contribution >= 4 is 0 Å². The average molecular weight is 194 g/mol. The highest BCUT2D eigenvalue weighted by Gasteiger charge is 2.46. The van der Waals surface area contributed by atoms with Gasteiger partial charge in [-0.2, -0.15) is 0 Å². The van der Waals surface area contributed by atoms with Gasteiger partial charge in [-0.25, -0.2) is 4.98 Å². The average Bonchev–Trinajstić information content (AvgIpc) is 2.84. The Kier molecular flexibility index (Phi) is 2.15. The molecule has 0 aliphatic heterocycles. The van der Waals surface area contributed by atoms with Gasteiger partial charge in [-0.05, 0) is 19.8 Å². The van der Waals surface area contributed by atoms with Crippen molar-refractivity contribution in [2.75, 3.05) is 13.7 Å². The van der Waals surface area contributed by atoms with Crippen LogP contribution in [0.3, 0.4) is 0 Å². The fourth-order valence-corrected chi connectivity index (χ4v) is 1.71. The van der Waals surface area contributed by atoms with Gasteiger partial charge in [0.05, 0.1) is 12.0 Å². The number of nitrogens with one attached hydrogen (secondary N) is 1. The highest BCUT2D eigenvalue weighted by Crippen LogP contribution is 2.46. The van der Waals surface area contributed by atoms with Crippen LogP contribution in [0.2, 0.25) is 0 Å². The van der Waals surface area contributed by atoms with Crippen molar-refractivity contribution in [3.8, 4) is 0 Å². The van der Waals surface area contributed by atoms with Crippen molar-refractivity contribution in [2.45, 2.75) is 25.2 Å². The smallest absolute Gasteiger partial charge is 0.251 e. The first-order chi connectivity index (χ1) is 6.66. The maximum absolute atomic E-state index is 11.3. The molecular formula is C10H14N2O2. The fraction of sp³-hybridized carbons (Fsp3) is 0.600. The number of hydrogen-bond donors (Lipinski definition) is 1. The molecule has 1 aliphatic carbocycles. The standard InChI is InChI=1S/C10H14N2O2/c1-7-5-8(13)12-9(11-7)10(3-4-10)6-14-2/h5H,3-4,6H2,1-2H3,(H,11,12,13). The van der Waals surface area contributed by atoms with Crippen LogP contribution in [0.15, 0.2) is 10.9 Å². The second kappa shape index (κ2) is 3.20. The normalized spacial score (nSPS) is 18.1. The van der Waals surface area contributed by atoms with E-state index in [4.69, 9.17) is 4.74 Å². The summed E-state index contributed by atoms with van der Waals surface area (Å²) in [6.07, 6.45) is 2.10. The van der Waals surface area contributed by atoms with Crippen molar-refractivity contribution in [2.24, 2.45) is 0 Å². The first kappa shape index (κ1) is 9.40. The van der Waals surface area contributed by atoms with E-state index in [-0.39, 0.29) is 11.0 Å². The van der Waals surface area contributed by atoms with Crippen LogP contribution >= 0.6 is 0 Å². The van der Waals surface area contributed by atoms with E-state index in [0.717, 1.165) is 24.4 Å². The molecule has 0 saturated heterocycles. The van der Waals surface area contributed by atoms with E-state index < -0.39 is 0 Å². The predicted molar refractivity (Wildman–Crippen MR) is 52.4 cm³/mol. The number of nitrogens with zero attached hydrogens (tertiary/aromatic N) is 1. The summed E-state index contributed by atoms with van der Waals surface area (Å²) in [7, 11) is 1.67. The number of rotatable bonds is 3. The topological polar surface area (TPSA) is 55.0 Å². The molecule has 0 unspecified atom stereocenters. The van der Waals surface area contributed by atoms with Crippen molar-refractivity contribution in [3.05, 3.63) is 27.9 Å². The van der Waals surface area contributed by atoms with E-state index in [9.17, 15) is 4.79 Å². The summed E-state index contributed by atoms with van der Waals surface area (Å²) in [4.78, 5) is 18.4. The van der Waals surface area contributed by atoms with Gasteiger partial charge in [0, 0.05) is 18.9 Å². The lowest BCUT2D eigenvalue weighted by Crippen LogP contribution is -2.22. The highest BCUT2D eigenvalue weighted by molar-refractivity contribution is 5.19. The van der Waals surface area contributed by atoms with Crippen molar-refractivity contribution in [3.63, 3.8) is 0 Å². The van der Waals surface area contributed by atoms with Crippen LogP contribution in [0.1, 0.15) is 24.4 Å². The van der Waals surface area contributed by atoms with Gasteiger partial charge in [0.1, 0.15) is 5.82 Å². The third kappa shape index (κ3) is 1.57. The van der Waals surface area contributed by atoms with Gasteiger partial charge in [0.15, 0.2) is 0 Å². The molecule has 0 spiro atoms. The number of hydrogen-bond acceptors (Lipinski definition) is 3. The zero-order valence-corrected chi connectivity index (χ0v) is 8.46. The van der Waals surface area contributed by atoms with Crippen molar-refractivity contribution < 1.29 is 4.74 Å². The molecule has 1 saturated carbocycles. The Labute approximate surface area is 82.3 Å². The van der Waals surface area contributed by atoms with Crippen LogP contribution in [-0.2, 0) is 10.2 Å². The van der Waals surface area contributed by atoms with Gasteiger partial charge in [-0.3, -0.25) is 4.79 Å². The molecular weight excluding hydrogens is 180 g/mol. The van der Waals surface area contributed by atoms with Gasteiger partial charge in [-0.1, -0.05) is 0 Å². The van der Waals surface area contributed by atoms with Crippen molar-refractivity contribution in [1.29, 1.82) is 0 Å². The Morgan fingerprint density at radius 2 is 2.36 bits per heavy atom. The summed E-state index contributed by atoms with van der Waals surface area (Å²) < 4.78 is 5.14. The maximum atomic E-state index is 11.3. The molecule has 0 amide bonds. The molecule has 76 valence electrons. The monoisotopic (exact) mass is 194 g/mol. The lowest BCUT2D eigenvalue weighted by molar-refractivity contribution is 0.168. The van der Waals surface area contributed by atoms with Crippen LogP contribution in [0.25, 0.3) is 0 Å². The molecule has 0 bridgehead atoms. The number of aromatic amines is 1. The summed E-state index contributed by atoms with van der Waals surface area (Å²) in [5.74, 6) is 0.782. The molecule has 1 aromatic heterocycles. The van der Waals surface area contributed by atoms with Gasteiger partial charge in [-0.15, -0.1) is 0 Å². The van der Waals surface area contributed by atoms with Crippen molar-refractivity contribution in [1.82, 2.24) is 9.97 Å². The first-order valence-corrected chi connectivity index (χ1v) is 4.74. The zero-order chi connectivity index (χ0) is 10.2. The largest absolute Gasteiger partial charge is 0.384 e.